The molecule has 7 N–H and O–H groups in total. The van der Waals surface area contributed by atoms with Crippen LogP contribution in [0.1, 0.15) is 27.0 Å². The second kappa shape index (κ2) is 15.3. The molecule has 0 aliphatic heterocycles. The number of ether oxygens (including phenoxy) is 2. The summed E-state index contributed by atoms with van der Waals surface area (Å²) < 4.78 is 11.6. The Hall–Kier alpha value is -4.37. The summed E-state index contributed by atoms with van der Waals surface area (Å²) in [5.74, 6) is 0.698. The van der Waals surface area contributed by atoms with Gasteiger partial charge in [-0.05, 0) is 52.6 Å². The Labute approximate surface area is 239 Å². The van der Waals surface area contributed by atoms with Gasteiger partial charge in [-0.1, -0.05) is 66.2 Å². The molecule has 0 atom stereocenters. The van der Waals surface area contributed by atoms with Crippen molar-refractivity contribution >= 4 is 23.7 Å². The quantitative estimate of drug-likeness (QED) is 0.127. The topological polar surface area (TPSA) is 144 Å². The number of nitrogens with one attached hydrogen (secondary N) is 2. The highest BCUT2D eigenvalue weighted by Gasteiger charge is 2.14. The average Bonchev–Trinajstić information content (AvgIpc) is 2.99. The van der Waals surface area contributed by atoms with E-state index in [1.54, 1.807) is 7.11 Å². The van der Waals surface area contributed by atoms with Crippen LogP contribution in [-0.2, 0) is 13.1 Å². The highest BCUT2D eigenvalue weighted by Crippen LogP contribution is 2.39. The number of carbonyl (C=O) groups is 1. The van der Waals surface area contributed by atoms with E-state index in [1.165, 1.54) is 30.0 Å². The normalized spacial score (nSPS) is 10.3. The lowest BCUT2D eigenvalue weighted by molar-refractivity contribution is 0.100. The lowest BCUT2D eigenvalue weighted by Crippen LogP contribution is -2.21. The van der Waals surface area contributed by atoms with Crippen molar-refractivity contribution in [2.75, 3.05) is 20.3 Å². The van der Waals surface area contributed by atoms with E-state index in [0.29, 0.717) is 31.2 Å². The van der Waals surface area contributed by atoms with E-state index >= 15 is 0 Å². The molecule has 0 aliphatic carbocycles. The number of nitrogens with two attached hydrogens (primary N) is 2. The Bertz CT molecular complexity index is 1410. The number of halogens is 1. The lowest BCUT2D eigenvalue weighted by Gasteiger charge is -2.17. The number of hydrogen-bond donors (Lipinski definition) is 5. The third-order valence-electron chi connectivity index (χ3n) is 5.89. The SMILES string of the molecule is COc1cc(C=N)cc(-c2ccccc2)c1OCCNCc1ccc(CN)cc1.NC(=O)c1ccc(O)c(Cl)c1. The minimum atomic E-state index is -0.563. The zero-order valence-corrected chi connectivity index (χ0v) is 22.9. The molecule has 0 fully saturated rings. The minimum Gasteiger partial charge on any atom is -0.506 e. The van der Waals surface area contributed by atoms with Crippen LogP contribution in [0.15, 0.2) is 84.9 Å². The van der Waals surface area contributed by atoms with E-state index in [1.807, 2.05) is 42.5 Å². The van der Waals surface area contributed by atoms with E-state index in [-0.39, 0.29) is 16.3 Å². The monoisotopic (exact) mass is 560 g/mol. The molecule has 4 aromatic rings. The Balaban J connectivity index is 0.000000336. The zero-order valence-electron chi connectivity index (χ0n) is 22.2. The Kier molecular flexibility index (Phi) is 11.5. The van der Waals surface area contributed by atoms with Crippen molar-refractivity contribution in [1.29, 1.82) is 5.41 Å². The van der Waals surface area contributed by atoms with Crippen LogP contribution in [0, 0.1) is 5.41 Å². The zero-order chi connectivity index (χ0) is 28.9. The van der Waals surface area contributed by atoms with Gasteiger partial charge < -0.3 is 36.8 Å². The molecule has 0 spiro atoms. The van der Waals surface area contributed by atoms with E-state index in [4.69, 9.17) is 43.1 Å². The van der Waals surface area contributed by atoms with Crippen LogP contribution in [0.2, 0.25) is 5.02 Å². The molecular formula is C31H33ClN4O4. The molecular weight excluding hydrogens is 528 g/mol. The van der Waals surface area contributed by atoms with Crippen molar-refractivity contribution in [1.82, 2.24) is 5.32 Å². The van der Waals surface area contributed by atoms with Gasteiger partial charge in [0, 0.05) is 37.0 Å². The number of phenolic OH excluding ortho intramolecular Hbond substituents is 1. The second-order valence-corrected chi connectivity index (χ2v) is 9.09. The van der Waals surface area contributed by atoms with Crippen LogP contribution >= 0.6 is 11.6 Å². The van der Waals surface area contributed by atoms with Crippen LogP contribution in [-0.4, -0.2) is 37.5 Å². The third kappa shape index (κ3) is 8.57. The predicted octanol–water partition coefficient (Wildman–Crippen LogP) is 5.13. The van der Waals surface area contributed by atoms with Crippen molar-refractivity contribution in [3.8, 4) is 28.4 Å². The molecule has 0 saturated heterocycles. The van der Waals surface area contributed by atoms with Crippen LogP contribution in [0.5, 0.6) is 17.2 Å². The number of carbonyl (C=O) groups excluding carboxylic acids is 1. The van der Waals surface area contributed by atoms with Crippen LogP contribution in [0.3, 0.4) is 0 Å². The fourth-order valence-corrected chi connectivity index (χ4v) is 3.93. The molecule has 0 saturated carbocycles. The van der Waals surface area contributed by atoms with Gasteiger partial charge in [-0.25, -0.2) is 0 Å². The van der Waals surface area contributed by atoms with E-state index in [9.17, 15) is 4.79 Å². The molecule has 208 valence electrons. The number of benzene rings is 4. The summed E-state index contributed by atoms with van der Waals surface area (Å²) in [7, 11) is 1.62. The molecule has 0 radical (unpaired) electrons. The van der Waals surface area contributed by atoms with E-state index in [0.717, 1.165) is 28.8 Å². The number of amides is 1. The summed E-state index contributed by atoms with van der Waals surface area (Å²) in [5, 5.41) is 20.1. The van der Waals surface area contributed by atoms with Crippen LogP contribution in [0.4, 0.5) is 0 Å². The number of primary amides is 1. The first-order valence-corrected chi connectivity index (χ1v) is 12.9. The van der Waals surface area contributed by atoms with Crippen molar-refractivity contribution in [2.24, 2.45) is 11.5 Å². The maximum atomic E-state index is 10.5. The maximum absolute atomic E-state index is 10.5. The molecule has 4 rings (SSSR count). The first-order chi connectivity index (χ1) is 19.4. The van der Waals surface area contributed by atoms with E-state index < -0.39 is 5.91 Å². The number of rotatable bonds is 11. The maximum Gasteiger partial charge on any atom is 0.248 e. The number of methoxy groups -OCH3 is 1. The number of aromatic hydroxyl groups is 1. The average molecular weight is 561 g/mol. The minimum absolute atomic E-state index is 0.0586. The fraction of sp³-hybridized carbons (Fsp3) is 0.161. The van der Waals surface area contributed by atoms with Gasteiger partial charge in [0.25, 0.3) is 0 Å². The smallest absolute Gasteiger partial charge is 0.248 e. The van der Waals surface area contributed by atoms with Crippen molar-refractivity contribution in [3.05, 3.63) is 112 Å². The van der Waals surface area contributed by atoms with Gasteiger partial charge in [-0.3, -0.25) is 4.79 Å². The first-order valence-electron chi connectivity index (χ1n) is 12.5. The number of hydrogen-bond acceptors (Lipinski definition) is 7. The molecule has 40 heavy (non-hydrogen) atoms. The first kappa shape index (κ1) is 30.2. The Morgan fingerprint density at radius 1 is 1.02 bits per heavy atom. The molecule has 8 nitrogen and oxygen atoms in total. The molecule has 1 amide bonds. The van der Waals surface area contributed by atoms with Gasteiger partial charge in [0.05, 0.1) is 12.1 Å². The van der Waals surface area contributed by atoms with Crippen molar-refractivity contribution < 1.29 is 19.4 Å². The summed E-state index contributed by atoms with van der Waals surface area (Å²) in [6.45, 7) is 2.52. The molecule has 0 unspecified atom stereocenters. The van der Waals surface area contributed by atoms with Gasteiger partial charge in [0.1, 0.15) is 12.4 Å². The Morgan fingerprint density at radius 3 is 2.33 bits per heavy atom. The molecule has 4 aromatic carbocycles. The summed E-state index contributed by atoms with van der Waals surface area (Å²) in [6.07, 6.45) is 1.32. The van der Waals surface area contributed by atoms with E-state index in [2.05, 4.69) is 29.6 Å². The Morgan fingerprint density at radius 2 is 1.73 bits per heavy atom. The summed E-state index contributed by atoms with van der Waals surface area (Å²) in [4.78, 5) is 10.5. The predicted molar refractivity (Wildman–Crippen MR) is 159 cm³/mol. The van der Waals surface area contributed by atoms with Gasteiger partial charge in [0.2, 0.25) is 5.91 Å². The molecule has 9 heteroatoms. The largest absolute Gasteiger partial charge is 0.506 e. The fourth-order valence-electron chi connectivity index (χ4n) is 3.75. The van der Waals surface area contributed by atoms with Crippen molar-refractivity contribution in [3.63, 3.8) is 0 Å². The van der Waals surface area contributed by atoms with Gasteiger partial charge in [0.15, 0.2) is 11.5 Å². The molecule has 0 bridgehead atoms. The van der Waals surface area contributed by atoms with Crippen molar-refractivity contribution in [2.45, 2.75) is 13.1 Å². The second-order valence-electron chi connectivity index (χ2n) is 8.69. The summed E-state index contributed by atoms with van der Waals surface area (Å²) >= 11 is 5.50. The number of phenols is 1. The lowest BCUT2D eigenvalue weighted by atomic mass is 10.0. The summed E-state index contributed by atoms with van der Waals surface area (Å²) in [6, 6.07) is 26.1. The molecule has 0 aromatic heterocycles. The van der Waals surface area contributed by atoms with Gasteiger partial charge in [-0.2, -0.15) is 0 Å². The summed E-state index contributed by atoms with van der Waals surface area (Å²) in [5.41, 5.74) is 15.9. The highest BCUT2D eigenvalue weighted by molar-refractivity contribution is 6.32. The standard InChI is InChI=1S/C24H27N3O2.C7H6ClNO2/c1-28-23-14-20(16-26)13-22(21-5-3-2-4-6-21)24(23)29-12-11-27-17-19-9-7-18(15-25)8-10-19;8-5-3-4(7(9)11)1-2-6(5)10/h2-10,13-14,16,26-27H,11-12,15,17,25H2,1H3;1-3,10H,(H2,9,11). The van der Waals surface area contributed by atoms with Crippen LogP contribution in [0.25, 0.3) is 11.1 Å². The molecule has 0 heterocycles. The molecule has 0 aliphatic rings. The van der Waals surface area contributed by atoms with Gasteiger partial charge in [-0.15, -0.1) is 0 Å². The van der Waals surface area contributed by atoms with Gasteiger partial charge >= 0.3 is 0 Å². The van der Waals surface area contributed by atoms with Crippen LogP contribution < -0.4 is 26.3 Å². The third-order valence-corrected chi connectivity index (χ3v) is 6.20. The highest BCUT2D eigenvalue weighted by atomic mass is 35.5.